The zero-order chi connectivity index (χ0) is 13.8. The van der Waals surface area contributed by atoms with Crippen molar-refractivity contribution in [2.45, 2.75) is 0 Å². The maximum Gasteiger partial charge on any atom is 0.193 e. The average Bonchev–Trinajstić information content (AvgIpc) is 2.88. The minimum Gasteiger partial charge on any atom is -0.508 e. The van der Waals surface area contributed by atoms with Crippen molar-refractivity contribution >= 4 is 11.9 Å². The molecule has 0 aliphatic heterocycles. The lowest BCUT2D eigenvalue weighted by Gasteiger charge is -2.08. The van der Waals surface area contributed by atoms with Gasteiger partial charge in [-0.3, -0.25) is 4.79 Å². The number of carbonyl (C=O) groups is 1. The van der Waals surface area contributed by atoms with Crippen LogP contribution < -0.4 is 4.74 Å². The van der Waals surface area contributed by atoms with Gasteiger partial charge in [-0.1, -0.05) is 0 Å². The van der Waals surface area contributed by atoms with Gasteiger partial charge in [-0.25, -0.2) is 0 Å². The third-order valence-electron chi connectivity index (χ3n) is 2.47. The van der Waals surface area contributed by atoms with Gasteiger partial charge in [0.05, 0.1) is 13.4 Å². The molecule has 2 N–H and O–H groups in total. The van der Waals surface area contributed by atoms with Crippen molar-refractivity contribution in [2.75, 3.05) is 7.11 Å². The molecular formula is C14H12O5. The second-order valence-corrected chi connectivity index (χ2v) is 3.76. The van der Waals surface area contributed by atoms with E-state index in [9.17, 15) is 15.0 Å². The molecule has 0 fully saturated rings. The largest absolute Gasteiger partial charge is 0.508 e. The number of methoxy groups -OCH3 is 1. The summed E-state index contributed by atoms with van der Waals surface area (Å²) in [6, 6.07) is 5.73. The SMILES string of the molecule is COc1cc(O)cc(O)c1C(=O)/C=C/c1ccco1. The number of ether oxygens (including phenoxy) is 1. The Morgan fingerprint density at radius 3 is 2.79 bits per heavy atom. The summed E-state index contributed by atoms with van der Waals surface area (Å²) in [6.07, 6.45) is 4.23. The zero-order valence-corrected chi connectivity index (χ0v) is 10.2. The van der Waals surface area contributed by atoms with E-state index in [1.165, 1.54) is 31.6 Å². The van der Waals surface area contributed by atoms with E-state index in [1.54, 1.807) is 12.1 Å². The molecular weight excluding hydrogens is 248 g/mol. The standard InChI is InChI=1S/C14H12O5/c1-18-13-8-9(15)7-12(17)14(13)11(16)5-4-10-3-2-6-19-10/h2-8,15,17H,1H3/b5-4+. The Hall–Kier alpha value is -2.69. The molecule has 1 aromatic carbocycles. The smallest absolute Gasteiger partial charge is 0.193 e. The Morgan fingerprint density at radius 2 is 2.16 bits per heavy atom. The van der Waals surface area contributed by atoms with Crippen LogP contribution in [-0.4, -0.2) is 23.1 Å². The van der Waals surface area contributed by atoms with Crippen LogP contribution >= 0.6 is 0 Å². The van der Waals surface area contributed by atoms with Gasteiger partial charge in [0.25, 0.3) is 0 Å². The van der Waals surface area contributed by atoms with E-state index >= 15 is 0 Å². The van der Waals surface area contributed by atoms with Crippen LogP contribution in [0.2, 0.25) is 0 Å². The Balaban J connectivity index is 2.33. The van der Waals surface area contributed by atoms with Gasteiger partial charge < -0.3 is 19.4 Å². The molecule has 98 valence electrons. The molecule has 2 aromatic rings. The number of carbonyl (C=O) groups excluding carboxylic acids is 1. The van der Waals surface area contributed by atoms with Gasteiger partial charge in [-0.2, -0.15) is 0 Å². The number of phenols is 2. The summed E-state index contributed by atoms with van der Waals surface area (Å²) in [5.41, 5.74) is -0.0110. The second kappa shape index (κ2) is 5.30. The van der Waals surface area contributed by atoms with Crippen molar-refractivity contribution in [2.24, 2.45) is 0 Å². The Morgan fingerprint density at radius 1 is 1.37 bits per heavy atom. The third-order valence-corrected chi connectivity index (χ3v) is 2.47. The Kier molecular flexibility index (Phi) is 3.56. The predicted octanol–water partition coefficient (Wildman–Crippen LogP) is 2.60. The van der Waals surface area contributed by atoms with E-state index in [0.29, 0.717) is 5.76 Å². The van der Waals surface area contributed by atoms with E-state index in [-0.39, 0.29) is 22.8 Å². The highest BCUT2D eigenvalue weighted by atomic mass is 16.5. The summed E-state index contributed by atoms with van der Waals surface area (Å²) in [7, 11) is 1.35. The first-order valence-electron chi connectivity index (χ1n) is 5.47. The van der Waals surface area contributed by atoms with Crippen LogP contribution in [0, 0.1) is 0 Å². The highest BCUT2D eigenvalue weighted by Crippen LogP contribution is 2.33. The molecule has 19 heavy (non-hydrogen) atoms. The molecule has 0 saturated carbocycles. The fourth-order valence-corrected chi connectivity index (χ4v) is 1.62. The fraction of sp³-hybridized carbons (Fsp3) is 0.0714. The molecule has 0 saturated heterocycles. The summed E-state index contributed by atoms with van der Waals surface area (Å²) in [5.74, 6) is -0.352. The van der Waals surface area contributed by atoms with Gasteiger partial charge >= 0.3 is 0 Å². The van der Waals surface area contributed by atoms with Gasteiger partial charge in [-0.05, 0) is 24.3 Å². The van der Waals surface area contributed by atoms with Crippen molar-refractivity contribution in [3.8, 4) is 17.2 Å². The van der Waals surface area contributed by atoms with Crippen LogP contribution in [0.3, 0.4) is 0 Å². The molecule has 0 unspecified atom stereocenters. The second-order valence-electron chi connectivity index (χ2n) is 3.76. The maximum atomic E-state index is 12.0. The van der Waals surface area contributed by atoms with Crippen molar-refractivity contribution in [3.63, 3.8) is 0 Å². The summed E-state index contributed by atoms with van der Waals surface area (Å²) >= 11 is 0. The van der Waals surface area contributed by atoms with Crippen molar-refractivity contribution in [1.29, 1.82) is 0 Å². The molecule has 0 aliphatic carbocycles. The fourth-order valence-electron chi connectivity index (χ4n) is 1.62. The van der Waals surface area contributed by atoms with Gasteiger partial charge in [0.2, 0.25) is 0 Å². The van der Waals surface area contributed by atoms with E-state index in [4.69, 9.17) is 9.15 Å². The number of hydrogen-bond donors (Lipinski definition) is 2. The third kappa shape index (κ3) is 2.77. The topological polar surface area (TPSA) is 79.9 Å². The zero-order valence-electron chi connectivity index (χ0n) is 10.2. The highest BCUT2D eigenvalue weighted by molar-refractivity contribution is 6.10. The molecule has 0 aliphatic rings. The van der Waals surface area contributed by atoms with Crippen LogP contribution in [0.1, 0.15) is 16.1 Å². The first-order valence-corrected chi connectivity index (χ1v) is 5.47. The molecule has 2 rings (SSSR count). The summed E-state index contributed by atoms with van der Waals surface area (Å²) in [4.78, 5) is 12.0. The number of hydrogen-bond acceptors (Lipinski definition) is 5. The van der Waals surface area contributed by atoms with Crippen molar-refractivity contribution in [3.05, 3.63) is 47.9 Å². The van der Waals surface area contributed by atoms with E-state index in [0.717, 1.165) is 6.07 Å². The average molecular weight is 260 g/mol. The molecule has 1 heterocycles. The number of allylic oxidation sites excluding steroid dienone is 1. The van der Waals surface area contributed by atoms with Crippen LogP contribution in [0.4, 0.5) is 0 Å². The number of phenolic OH excluding ortho intramolecular Hbond substituents is 2. The normalized spacial score (nSPS) is 10.8. The number of aromatic hydroxyl groups is 2. The van der Waals surface area contributed by atoms with Gasteiger partial charge in [0, 0.05) is 12.1 Å². The molecule has 0 bridgehead atoms. The predicted molar refractivity (Wildman–Crippen MR) is 68.4 cm³/mol. The molecule has 5 heteroatoms. The molecule has 0 spiro atoms. The molecule has 0 atom stereocenters. The number of furan rings is 1. The minimum absolute atomic E-state index is 0.0110. The van der Waals surface area contributed by atoms with Crippen LogP contribution in [0.15, 0.2) is 41.0 Å². The minimum atomic E-state index is -0.453. The van der Waals surface area contributed by atoms with Gasteiger partial charge in [0.15, 0.2) is 5.78 Å². The Labute approximate surface area is 109 Å². The van der Waals surface area contributed by atoms with E-state index in [2.05, 4.69) is 0 Å². The lowest BCUT2D eigenvalue weighted by Crippen LogP contribution is -1.99. The first kappa shape index (κ1) is 12.8. The summed E-state index contributed by atoms with van der Waals surface area (Å²) in [5, 5.41) is 19.0. The van der Waals surface area contributed by atoms with E-state index < -0.39 is 5.78 Å². The molecule has 0 radical (unpaired) electrons. The highest BCUT2D eigenvalue weighted by Gasteiger charge is 2.16. The maximum absolute atomic E-state index is 12.0. The summed E-state index contributed by atoms with van der Waals surface area (Å²) in [6.45, 7) is 0. The number of benzene rings is 1. The van der Waals surface area contributed by atoms with Crippen LogP contribution in [0.25, 0.3) is 6.08 Å². The van der Waals surface area contributed by atoms with Crippen LogP contribution in [0.5, 0.6) is 17.2 Å². The Bertz CT molecular complexity index is 611. The van der Waals surface area contributed by atoms with Crippen molar-refractivity contribution < 1.29 is 24.2 Å². The molecule has 0 amide bonds. The monoisotopic (exact) mass is 260 g/mol. The lowest BCUT2D eigenvalue weighted by molar-refractivity contribution is 0.104. The summed E-state index contributed by atoms with van der Waals surface area (Å²) < 4.78 is 10.0. The van der Waals surface area contributed by atoms with Gasteiger partial charge in [-0.15, -0.1) is 0 Å². The van der Waals surface area contributed by atoms with Crippen molar-refractivity contribution in [1.82, 2.24) is 0 Å². The van der Waals surface area contributed by atoms with Gasteiger partial charge in [0.1, 0.15) is 28.6 Å². The molecule has 1 aromatic heterocycles. The quantitative estimate of drug-likeness (QED) is 0.652. The molecule has 5 nitrogen and oxygen atoms in total. The van der Waals surface area contributed by atoms with Crippen LogP contribution in [-0.2, 0) is 0 Å². The lowest BCUT2D eigenvalue weighted by atomic mass is 10.1. The number of ketones is 1. The van der Waals surface area contributed by atoms with E-state index in [1.807, 2.05) is 0 Å². The number of rotatable bonds is 4. The first-order chi connectivity index (χ1) is 9.11.